The van der Waals surface area contributed by atoms with Gasteiger partial charge in [-0.3, -0.25) is 0 Å². The molecule has 2 aromatic rings. The van der Waals surface area contributed by atoms with Gasteiger partial charge in [-0.15, -0.1) is 0 Å². The topological polar surface area (TPSA) is 56.8 Å². The van der Waals surface area contributed by atoms with Gasteiger partial charge in [0.15, 0.2) is 11.5 Å². The summed E-state index contributed by atoms with van der Waals surface area (Å²) in [6.07, 6.45) is 0.476. The van der Waals surface area contributed by atoms with Crippen molar-refractivity contribution in [3.8, 4) is 11.5 Å². The predicted molar refractivity (Wildman–Crippen MR) is 109 cm³/mol. The molecular formula is C23H29NO4. The summed E-state index contributed by atoms with van der Waals surface area (Å²) < 4.78 is 17.3. The third-order valence-corrected chi connectivity index (χ3v) is 4.43. The van der Waals surface area contributed by atoms with Crippen LogP contribution in [0.1, 0.15) is 51.2 Å². The van der Waals surface area contributed by atoms with Crippen molar-refractivity contribution in [3.63, 3.8) is 0 Å². The third-order valence-electron chi connectivity index (χ3n) is 4.43. The molecule has 1 amide bonds. The summed E-state index contributed by atoms with van der Waals surface area (Å²) in [6.45, 7) is 8.57. The van der Waals surface area contributed by atoms with Crippen LogP contribution in [0.15, 0.2) is 48.5 Å². The molecule has 28 heavy (non-hydrogen) atoms. The Morgan fingerprint density at radius 1 is 1.07 bits per heavy atom. The predicted octanol–water partition coefficient (Wildman–Crippen LogP) is 5.04. The van der Waals surface area contributed by atoms with E-state index in [1.54, 1.807) is 0 Å². The van der Waals surface area contributed by atoms with E-state index < -0.39 is 5.60 Å². The highest BCUT2D eigenvalue weighted by Gasteiger charge is 2.42. The van der Waals surface area contributed by atoms with Crippen molar-refractivity contribution in [1.82, 2.24) is 5.32 Å². The van der Waals surface area contributed by atoms with Crippen molar-refractivity contribution in [2.75, 3.05) is 6.61 Å². The minimum atomic E-state index is -0.507. The molecule has 1 N–H and O–H groups in total. The molecule has 2 atom stereocenters. The van der Waals surface area contributed by atoms with Gasteiger partial charge in [0.1, 0.15) is 12.2 Å². The fourth-order valence-electron chi connectivity index (χ4n) is 3.14. The number of rotatable bonds is 7. The van der Waals surface area contributed by atoms with Gasteiger partial charge in [0.2, 0.25) is 0 Å². The normalized spacial score (nSPS) is 18.3. The van der Waals surface area contributed by atoms with E-state index in [0.29, 0.717) is 13.2 Å². The molecule has 1 fully saturated rings. The number of carbonyl (C=O) groups is 1. The SMILES string of the molecule is CCOc1cccc(C2CC2NC(=O)OC(C)(C)C)c1OCc1ccccc1. The molecule has 3 rings (SSSR count). The van der Waals surface area contributed by atoms with E-state index in [-0.39, 0.29) is 18.1 Å². The second-order valence-corrected chi connectivity index (χ2v) is 7.98. The quantitative estimate of drug-likeness (QED) is 0.727. The average molecular weight is 383 g/mol. The Labute approximate surface area is 167 Å². The van der Waals surface area contributed by atoms with E-state index in [4.69, 9.17) is 14.2 Å². The number of nitrogens with one attached hydrogen (secondary N) is 1. The molecule has 150 valence electrons. The van der Waals surface area contributed by atoms with Crippen molar-refractivity contribution in [2.24, 2.45) is 0 Å². The van der Waals surface area contributed by atoms with Gasteiger partial charge in [-0.2, -0.15) is 0 Å². The molecule has 0 aliphatic heterocycles. The summed E-state index contributed by atoms with van der Waals surface area (Å²) in [4.78, 5) is 12.1. The Hall–Kier alpha value is -2.69. The number of alkyl carbamates (subject to hydrolysis) is 1. The zero-order chi connectivity index (χ0) is 20.1. The zero-order valence-electron chi connectivity index (χ0n) is 17.0. The van der Waals surface area contributed by atoms with Crippen molar-refractivity contribution >= 4 is 6.09 Å². The molecule has 0 spiro atoms. The molecule has 0 heterocycles. The van der Waals surface area contributed by atoms with Gasteiger partial charge in [0.05, 0.1) is 6.61 Å². The molecule has 1 aliphatic rings. The highest BCUT2D eigenvalue weighted by Crippen LogP contribution is 2.48. The number of para-hydroxylation sites is 1. The lowest BCUT2D eigenvalue weighted by Crippen LogP contribution is -2.34. The van der Waals surface area contributed by atoms with Gasteiger partial charge in [0, 0.05) is 17.5 Å². The maximum atomic E-state index is 12.1. The second kappa shape index (κ2) is 8.55. The second-order valence-electron chi connectivity index (χ2n) is 7.98. The van der Waals surface area contributed by atoms with Crippen LogP contribution in [-0.2, 0) is 11.3 Å². The van der Waals surface area contributed by atoms with E-state index in [2.05, 4.69) is 5.32 Å². The first-order chi connectivity index (χ1) is 13.4. The summed E-state index contributed by atoms with van der Waals surface area (Å²) in [7, 11) is 0. The standard InChI is InChI=1S/C23H29NO4/c1-5-26-20-13-9-12-17(21(20)27-15-16-10-7-6-8-11-16)18-14-19(18)24-22(25)28-23(2,3)4/h6-13,18-19H,5,14-15H2,1-4H3,(H,24,25). The summed E-state index contributed by atoms with van der Waals surface area (Å²) in [5.74, 6) is 1.68. The van der Waals surface area contributed by atoms with E-state index in [0.717, 1.165) is 29.0 Å². The van der Waals surface area contributed by atoms with Gasteiger partial charge in [-0.25, -0.2) is 4.79 Å². The molecular weight excluding hydrogens is 354 g/mol. The summed E-state index contributed by atoms with van der Waals surface area (Å²) in [5, 5.41) is 2.95. The molecule has 0 saturated heterocycles. The van der Waals surface area contributed by atoms with Gasteiger partial charge in [0.25, 0.3) is 0 Å². The van der Waals surface area contributed by atoms with Crippen molar-refractivity contribution in [1.29, 1.82) is 0 Å². The summed E-state index contributed by atoms with van der Waals surface area (Å²) >= 11 is 0. The molecule has 1 aliphatic carbocycles. The molecule has 0 aromatic heterocycles. The van der Waals surface area contributed by atoms with E-state index >= 15 is 0 Å². The minimum absolute atomic E-state index is 0.0470. The van der Waals surface area contributed by atoms with Crippen LogP contribution in [0.25, 0.3) is 0 Å². The van der Waals surface area contributed by atoms with Crippen LogP contribution in [0, 0.1) is 0 Å². The maximum absolute atomic E-state index is 12.1. The fraction of sp³-hybridized carbons (Fsp3) is 0.435. The lowest BCUT2D eigenvalue weighted by molar-refractivity contribution is 0.0522. The molecule has 2 unspecified atom stereocenters. The number of benzene rings is 2. The number of amides is 1. The summed E-state index contributed by atoms with van der Waals surface area (Å²) in [5.41, 5.74) is 1.65. The molecule has 5 heteroatoms. The van der Waals surface area contributed by atoms with Crippen molar-refractivity contribution in [3.05, 3.63) is 59.7 Å². The van der Waals surface area contributed by atoms with E-state index in [9.17, 15) is 4.79 Å². The Morgan fingerprint density at radius 3 is 2.50 bits per heavy atom. The number of hydrogen-bond acceptors (Lipinski definition) is 4. The number of hydrogen-bond donors (Lipinski definition) is 1. The number of carbonyl (C=O) groups excluding carboxylic acids is 1. The molecule has 0 radical (unpaired) electrons. The van der Waals surface area contributed by atoms with Crippen LogP contribution >= 0.6 is 0 Å². The van der Waals surface area contributed by atoms with Gasteiger partial charge < -0.3 is 19.5 Å². The third kappa shape index (κ3) is 5.41. The maximum Gasteiger partial charge on any atom is 0.407 e. The monoisotopic (exact) mass is 383 g/mol. The van der Waals surface area contributed by atoms with Gasteiger partial charge in [-0.1, -0.05) is 42.5 Å². The smallest absolute Gasteiger partial charge is 0.407 e. The molecule has 0 bridgehead atoms. The van der Waals surface area contributed by atoms with Crippen LogP contribution in [-0.4, -0.2) is 24.3 Å². The van der Waals surface area contributed by atoms with E-state index in [1.807, 2.05) is 76.2 Å². The fourth-order valence-corrected chi connectivity index (χ4v) is 3.14. The first-order valence-corrected chi connectivity index (χ1v) is 9.79. The van der Waals surface area contributed by atoms with Crippen LogP contribution in [0.3, 0.4) is 0 Å². The lowest BCUT2D eigenvalue weighted by atomic mass is 10.1. The number of ether oxygens (including phenoxy) is 3. The molecule has 1 saturated carbocycles. The highest BCUT2D eigenvalue weighted by molar-refractivity contribution is 5.69. The van der Waals surface area contributed by atoms with Gasteiger partial charge >= 0.3 is 6.09 Å². The van der Waals surface area contributed by atoms with Gasteiger partial charge in [-0.05, 0) is 45.7 Å². The van der Waals surface area contributed by atoms with Crippen LogP contribution < -0.4 is 14.8 Å². The largest absolute Gasteiger partial charge is 0.490 e. The van der Waals surface area contributed by atoms with Crippen LogP contribution in [0.2, 0.25) is 0 Å². The first-order valence-electron chi connectivity index (χ1n) is 9.79. The Morgan fingerprint density at radius 2 is 1.82 bits per heavy atom. The van der Waals surface area contributed by atoms with Crippen LogP contribution in [0.4, 0.5) is 4.79 Å². The zero-order valence-corrected chi connectivity index (χ0v) is 17.0. The lowest BCUT2D eigenvalue weighted by Gasteiger charge is -2.20. The Kier molecular flexibility index (Phi) is 6.12. The van der Waals surface area contributed by atoms with Crippen molar-refractivity contribution < 1.29 is 19.0 Å². The average Bonchev–Trinajstić information content (AvgIpc) is 3.38. The first kappa shape index (κ1) is 20.1. The Balaban J connectivity index is 1.72. The van der Waals surface area contributed by atoms with Crippen LogP contribution in [0.5, 0.6) is 11.5 Å². The Bertz CT molecular complexity index is 798. The molecule has 2 aromatic carbocycles. The highest BCUT2D eigenvalue weighted by atomic mass is 16.6. The summed E-state index contributed by atoms with van der Waals surface area (Å²) in [6, 6.07) is 16.0. The molecule has 5 nitrogen and oxygen atoms in total. The van der Waals surface area contributed by atoms with E-state index in [1.165, 1.54) is 0 Å². The minimum Gasteiger partial charge on any atom is -0.490 e. The van der Waals surface area contributed by atoms with Crippen molar-refractivity contribution in [2.45, 2.75) is 58.3 Å².